The number of amides is 2. The molecular formula is C25H25ClN4O4S. The van der Waals surface area contributed by atoms with E-state index < -0.39 is 22.5 Å². The number of nitrogens with zero attached hydrogens (tertiary/aromatic N) is 2. The number of benzene rings is 3. The maximum atomic E-state index is 13.4. The number of nitrogens with one attached hydrogen (secondary N) is 2. The zero-order valence-corrected chi connectivity index (χ0v) is 21.0. The summed E-state index contributed by atoms with van der Waals surface area (Å²) in [5.41, 5.74) is 5.22. The molecule has 10 heteroatoms. The van der Waals surface area contributed by atoms with Gasteiger partial charge in [0.1, 0.15) is 6.54 Å². The van der Waals surface area contributed by atoms with Crippen molar-refractivity contribution in [1.29, 1.82) is 0 Å². The number of carbonyl (C=O) groups is 2. The lowest BCUT2D eigenvalue weighted by Crippen LogP contribution is -2.40. The molecule has 0 saturated carbocycles. The number of sulfonamides is 1. The molecule has 0 unspecified atom stereocenters. The molecule has 0 heterocycles. The highest BCUT2D eigenvalue weighted by Crippen LogP contribution is 2.29. The summed E-state index contributed by atoms with van der Waals surface area (Å²) in [4.78, 5) is 24.0. The van der Waals surface area contributed by atoms with Crippen molar-refractivity contribution >= 4 is 50.5 Å². The fourth-order valence-electron chi connectivity index (χ4n) is 3.25. The van der Waals surface area contributed by atoms with Crippen LogP contribution < -0.4 is 15.0 Å². The minimum Gasteiger partial charge on any atom is -0.326 e. The number of hydrogen-bond donors (Lipinski definition) is 2. The molecule has 0 aliphatic rings. The summed E-state index contributed by atoms with van der Waals surface area (Å²) in [6.45, 7) is 4.36. The van der Waals surface area contributed by atoms with Gasteiger partial charge in [-0.15, -0.1) is 0 Å². The Morgan fingerprint density at radius 1 is 0.971 bits per heavy atom. The van der Waals surface area contributed by atoms with Gasteiger partial charge in [0.15, 0.2) is 0 Å². The summed E-state index contributed by atoms with van der Waals surface area (Å²) in [6.07, 6.45) is 0. The third-order valence-electron chi connectivity index (χ3n) is 5.03. The summed E-state index contributed by atoms with van der Waals surface area (Å²) >= 11 is 6.14. The SMILES string of the molecule is CC(=O)Nc1ccc(/C(C)=N\NC(=O)CN(c2cc(Cl)ccc2C)S(=O)(=O)c2ccccc2)cc1. The maximum Gasteiger partial charge on any atom is 0.264 e. The van der Waals surface area contributed by atoms with Gasteiger partial charge in [-0.2, -0.15) is 5.10 Å². The first kappa shape index (κ1) is 25.9. The minimum atomic E-state index is -4.06. The molecule has 0 fully saturated rings. The fourth-order valence-corrected chi connectivity index (χ4v) is 4.91. The van der Waals surface area contributed by atoms with Crippen LogP contribution in [0.4, 0.5) is 11.4 Å². The smallest absolute Gasteiger partial charge is 0.264 e. The van der Waals surface area contributed by atoms with Gasteiger partial charge >= 0.3 is 0 Å². The number of carbonyl (C=O) groups excluding carboxylic acids is 2. The monoisotopic (exact) mass is 512 g/mol. The second-order valence-corrected chi connectivity index (χ2v) is 10.0. The summed E-state index contributed by atoms with van der Waals surface area (Å²) < 4.78 is 27.9. The van der Waals surface area contributed by atoms with Gasteiger partial charge < -0.3 is 5.32 Å². The number of halogens is 1. The van der Waals surface area contributed by atoms with Crippen LogP contribution in [-0.4, -0.2) is 32.5 Å². The van der Waals surface area contributed by atoms with Crippen LogP contribution in [0, 0.1) is 6.92 Å². The molecule has 3 aromatic carbocycles. The fraction of sp³-hybridized carbons (Fsp3) is 0.160. The molecule has 0 atom stereocenters. The molecule has 2 amide bonds. The van der Waals surface area contributed by atoms with Crippen molar-refractivity contribution in [3.8, 4) is 0 Å². The Hall–Kier alpha value is -3.69. The lowest BCUT2D eigenvalue weighted by atomic mass is 10.1. The number of anilines is 2. The molecule has 0 saturated heterocycles. The van der Waals surface area contributed by atoms with Crippen LogP contribution in [0.3, 0.4) is 0 Å². The third-order valence-corrected chi connectivity index (χ3v) is 7.04. The Balaban J connectivity index is 1.84. The van der Waals surface area contributed by atoms with Crippen LogP contribution in [0.25, 0.3) is 0 Å². The van der Waals surface area contributed by atoms with Crippen molar-refractivity contribution in [3.05, 3.63) is 88.9 Å². The molecule has 0 aliphatic carbocycles. The molecule has 0 spiro atoms. The molecule has 0 aliphatic heterocycles. The standard InChI is InChI=1S/C25H25ClN4O4S/c1-17-9-12-21(26)15-24(17)30(35(33,34)23-7-5-4-6-8-23)16-25(32)29-28-18(2)20-10-13-22(14-11-20)27-19(3)31/h4-15H,16H2,1-3H3,(H,27,31)(H,29,32)/b28-18-. The van der Waals surface area contributed by atoms with Crippen LogP contribution >= 0.6 is 11.6 Å². The largest absolute Gasteiger partial charge is 0.326 e. The van der Waals surface area contributed by atoms with Crippen LogP contribution in [0.15, 0.2) is 82.8 Å². The minimum absolute atomic E-state index is 0.0473. The highest BCUT2D eigenvalue weighted by atomic mass is 35.5. The second kappa shape index (κ2) is 11.2. The van der Waals surface area contributed by atoms with Gasteiger partial charge in [0, 0.05) is 17.6 Å². The highest BCUT2D eigenvalue weighted by Gasteiger charge is 2.28. The molecule has 35 heavy (non-hydrogen) atoms. The van der Waals surface area contributed by atoms with Gasteiger partial charge in [0.25, 0.3) is 15.9 Å². The maximum absolute atomic E-state index is 13.4. The Morgan fingerprint density at radius 3 is 2.26 bits per heavy atom. The highest BCUT2D eigenvalue weighted by molar-refractivity contribution is 7.92. The first-order valence-corrected chi connectivity index (χ1v) is 12.4. The van der Waals surface area contributed by atoms with E-state index in [0.29, 0.717) is 27.7 Å². The molecule has 0 aromatic heterocycles. The van der Waals surface area contributed by atoms with E-state index in [4.69, 9.17) is 11.6 Å². The van der Waals surface area contributed by atoms with Crippen LogP contribution in [0.5, 0.6) is 0 Å². The van der Waals surface area contributed by atoms with Gasteiger partial charge in [-0.05, 0) is 61.4 Å². The topological polar surface area (TPSA) is 108 Å². The van der Waals surface area contributed by atoms with Crippen LogP contribution in [0.2, 0.25) is 5.02 Å². The van der Waals surface area contributed by atoms with Crippen LogP contribution in [0.1, 0.15) is 25.0 Å². The van der Waals surface area contributed by atoms with Crippen molar-refractivity contribution in [2.24, 2.45) is 5.10 Å². The molecule has 8 nitrogen and oxygen atoms in total. The van der Waals surface area contributed by atoms with E-state index in [1.54, 1.807) is 68.4 Å². The van der Waals surface area contributed by atoms with E-state index >= 15 is 0 Å². The first-order chi connectivity index (χ1) is 16.6. The van der Waals surface area contributed by atoms with Crippen molar-refractivity contribution in [3.63, 3.8) is 0 Å². The predicted octanol–water partition coefficient (Wildman–Crippen LogP) is 4.34. The van der Waals surface area contributed by atoms with Crippen molar-refractivity contribution < 1.29 is 18.0 Å². The van der Waals surface area contributed by atoms with E-state index in [2.05, 4.69) is 15.8 Å². The molecule has 2 N–H and O–H groups in total. The number of hydrogen-bond acceptors (Lipinski definition) is 5. The summed E-state index contributed by atoms with van der Waals surface area (Å²) in [6, 6.07) is 19.6. The number of hydrazone groups is 1. The average molecular weight is 513 g/mol. The molecule has 0 radical (unpaired) electrons. The van der Waals surface area contributed by atoms with Crippen molar-refractivity contribution in [2.45, 2.75) is 25.7 Å². The Bertz CT molecular complexity index is 1360. The Morgan fingerprint density at radius 2 is 1.63 bits per heavy atom. The van der Waals surface area contributed by atoms with E-state index in [1.165, 1.54) is 25.1 Å². The molecule has 3 rings (SSSR count). The zero-order chi connectivity index (χ0) is 25.6. The summed E-state index contributed by atoms with van der Waals surface area (Å²) in [5.74, 6) is -0.807. The molecular weight excluding hydrogens is 488 g/mol. The van der Waals surface area contributed by atoms with Crippen molar-refractivity contribution in [2.75, 3.05) is 16.2 Å². The lowest BCUT2D eigenvalue weighted by molar-refractivity contribution is -0.119. The van der Waals surface area contributed by atoms with Crippen molar-refractivity contribution in [1.82, 2.24) is 5.43 Å². The lowest BCUT2D eigenvalue weighted by Gasteiger charge is -2.25. The van der Waals surface area contributed by atoms with Gasteiger partial charge in [0.2, 0.25) is 5.91 Å². The molecule has 0 bridgehead atoms. The van der Waals surface area contributed by atoms with E-state index in [0.717, 1.165) is 9.87 Å². The van der Waals surface area contributed by atoms with E-state index in [9.17, 15) is 18.0 Å². The zero-order valence-electron chi connectivity index (χ0n) is 19.4. The van der Waals surface area contributed by atoms with Gasteiger partial charge in [0.05, 0.1) is 16.3 Å². The Labute approximate surface area is 209 Å². The van der Waals surface area contributed by atoms with E-state index in [1.807, 2.05) is 0 Å². The normalized spacial score (nSPS) is 11.6. The predicted molar refractivity (Wildman–Crippen MR) is 138 cm³/mol. The number of aryl methyl sites for hydroxylation is 1. The summed E-state index contributed by atoms with van der Waals surface area (Å²) in [5, 5.41) is 7.13. The first-order valence-electron chi connectivity index (χ1n) is 10.6. The molecule has 3 aromatic rings. The second-order valence-electron chi connectivity index (χ2n) is 7.75. The van der Waals surface area contributed by atoms with Gasteiger partial charge in [-0.1, -0.05) is 48.0 Å². The van der Waals surface area contributed by atoms with Gasteiger partial charge in [-0.25, -0.2) is 13.8 Å². The van der Waals surface area contributed by atoms with Gasteiger partial charge in [-0.3, -0.25) is 13.9 Å². The average Bonchev–Trinajstić information content (AvgIpc) is 2.83. The van der Waals surface area contributed by atoms with E-state index in [-0.39, 0.29) is 10.8 Å². The van der Waals surface area contributed by atoms with Crippen LogP contribution in [-0.2, 0) is 19.6 Å². The summed E-state index contributed by atoms with van der Waals surface area (Å²) in [7, 11) is -4.06. The third kappa shape index (κ3) is 6.68. The number of rotatable bonds is 8. The molecule has 182 valence electrons. The Kier molecular flexibility index (Phi) is 8.26. The quantitative estimate of drug-likeness (QED) is 0.345.